The van der Waals surface area contributed by atoms with Crippen LogP contribution in [0.4, 0.5) is 10.7 Å². The number of nitrogens with zero attached hydrogens (tertiary/aromatic N) is 2. The van der Waals surface area contributed by atoms with Gasteiger partial charge in [-0.2, -0.15) is 5.26 Å². The monoisotopic (exact) mass is 430 g/mol. The van der Waals surface area contributed by atoms with Crippen LogP contribution in [-0.2, 0) is 17.6 Å². The average Bonchev–Trinajstić information content (AvgIpc) is 3.04. The van der Waals surface area contributed by atoms with Crippen LogP contribution in [0.5, 0.6) is 0 Å². The first-order valence-electron chi connectivity index (χ1n) is 8.63. The van der Waals surface area contributed by atoms with Crippen LogP contribution in [0, 0.1) is 21.4 Å². The molecule has 0 spiro atoms. The van der Waals surface area contributed by atoms with Gasteiger partial charge in [0.1, 0.15) is 16.6 Å². The summed E-state index contributed by atoms with van der Waals surface area (Å²) in [5.74, 6) is -1.39. The maximum atomic E-state index is 12.6. The summed E-state index contributed by atoms with van der Waals surface area (Å²) in [6, 6.07) is 5.48. The molecule has 10 heteroatoms. The number of nitriles is 1. The van der Waals surface area contributed by atoms with E-state index in [1.807, 2.05) is 0 Å². The normalized spacial score (nSPS) is 13.3. The summed E-state index contributed by atoms with van der Waals surface area (Å²) in [4.78, 5) is 35.9. The molecule has 1 heterocycles. The molecular formula is C19H15ClN4O4S. The molecule has 0 atom stereocenters. The minimum absolute atomic E-state index is 0.153. The van der Waals surface area contributed by atoms with Crippen molar-refractivity contribution in [1.29, 1.82) is 5.26 Å². The average molecular weight is 431 g/mol. The highest BCUT2D eigenvalue weighted by molar-refractivity contribution is 7.17. The van der Waals surface area contributed by atoms with Crippen molar-refractivity contribution in [2.45, 2.75) is 25.7 Å². The second kappa shape index (κ2) is 8.43. The number of thiophene rings is 1. The number of hydrogen-bond donors (Lipinski definition) is 2. The number of anilines is 1. The zero-order valence-electron chi connectivity index (χ0n) is 15.0. The molecule has 2 amide bonds. The fourth-order valence-electron chi connectivity index (χ4n) is 3.14. The molecule has 0 unspecified atom stereocenters. The van der Waals surface area contributed by atoms with Crippen molar-refractivity contribution < 1.29 is 14.5 Å². The number of nitro benzene ring substituents is 1. The van der Waals surface area contributed by atoms with Gasteiger partial charge < -0.3 is 11.1 Å². The number of carbonyl (C=O) groups excluding carboxylic acids is 2. The zero-order valence-corrected chi connectivity index (χ0v) is 16.6. The minimum Gasteiger partial charge on any atom is -0.365 e. The molecule has 0 radical (unpaired) electrons. The Hall–Kier alpha value is -3.22. The highest BCUT2D eigenvalue weighted by Crippen LogP contribution is 2.38. The van der Waals surface area contributed by atoms with Crippen molar-refractivity contribution in [1.82, 2.24) is 0 Å². The van der Waals surface area contributed by atoms with Crippen LogP contribution in [0.3, 0.4) is 0 Å². The van der Waals surface area contributed by atoms with E-state index in [1.165, 1.54) is 35.6 Å². The smallest absolute Gasteiger partial charge is 0.270 e. The third-order valence-electron chi connectivity index (χ3n) is 4.50. The predicted molar refractivity (Wildman–Crippen MR) is 110 cm³/mol. The van der Waals surface area contributed by atoms with E-state index >= 15 is 0 Å². The molecule has 1 aromatic heterocycles. The van der Waals surface area contributed by atoms with E-state index in [0.29, 0.717) is 11.4 Å². The van der Waals surface area contributed by atoms with Crippen molar-refractivity contribution in [3.8, 4) is 6.07 Å². The molecule has 0 saturated carbocycles. The number of halogens is 1. The predicted octanol–water partition coefficient (Wildman–Crippen LogP) is 3.83. The Bertz CT molecular complexity index is 1100. The number of nitrogens with two attached hydrogens (primary N) is 1. The Morgan fingerprint density at radius 3 is 2.72 bits per heavy atom. The Morgan fingerprint density at radius 1 is 1.34 bits per heavy atom. The van der Waals surface area contributed by atoms with Gasteiger partial charge in [0, 0.05) is 27.6 Å². The first-order valence-corrected chi connectivity index (χ1v) is 9.82. The second-order valence-corrected chi connectivity index (χ2v) is 7.88. The number of carbonyl (C=O) groups is 2. The quantitative estimate of drug-likeness (QED) is 0.321. The fourth-order valence-corrected chi connectivity index (χ4v) is 4.61. The Balaban J connectivity index is 1.94. The summed E-state index contributed by atoms with van der Waals surface area (Å²) < 4.78 is 0. The standard InChI is InChI=1S/C19H15ClN4O4S/c20-14-6-5-12(24(27)28)8-10(14)7-11(9-21)18(26)23-19-16(17(22)25)13-3-1-2-4-15(13)29-19/h5-8H,1-4H2,(H2,22,25)(H,23,26)/b11-7+. The second-order valence-electron chi connectivity index (χ2n) is 6.37. The van der Waals surface area contributed by atoms with E-state index in [4.69, 9.17) is 17.3 Å². The lowest BCUT2D eigenvalue weighted by Crippen LogP contribution is -2.19. The van der Waals surface area contributed by atoms with Crippen LogP contribution in [0.25, 0.3) is 6.08 Å². The Morgan fingerprint density at radius 2 is 2.07 bits per heavy atom. The largest absolute Gasteiger partial charge is 0.365 e. The van der Waals surface area contributed by atoms with E-state index in [-0.39, 0.29) is 27.4 Å². The molecule has 8 nitrogen and oxygen atoms in total. The number of aryl methyl sites for hydroxylation is 1. The summed E-state index contributed by atoms with van der Waals surface area (Å²) >= 11 is 7.31. The number of nitro groups is 1. The van der Waals surface area contributed by atoms with Gasteiger partial charge in [-0.25, -0.2) is 0 Å². The summed E-state index contributed by atoms with van der Waals surface area (Å²) in [5.41, 5.74) is 6.27. The van der Waals surface area contributed by atoms with Gasteiger partial charge in [0.2, 0.25) is 0 Å². The van der Waals surface area contributed by atoms with Crippen LogP contribution in [0.15, 0.2) is 23.8 Å². The van der Waals surface area contributed by atoms with Gasteiger partial charge in [0.05, 0.1) is 10.5 Å². The van der Waals surface area contributed by atoms with Crippen molar-refractivity contribution in [3.63, 3.8) is 0 Å². The zero-order chi connectivity index (χ0) is 21.1. The molecule has 1 aliphatic carbocycles. The number of benzene rings is 1. The van der Waals surface area contributed by atoms with Gasteiger partial charge in [-0.1, -0.05) is 11.6 Å². The van der Waals surface area contributed by atoms with Crippen LogP contribution < -0.4 is 11.1 Å². The first kappa shape index (κ1) is 20.5. The molecule has 0 saturated heterocycles. The molecule has 0 fully saturated rings. The highest BCUT2D eigenvalue weighted by Gasteiger charge is 2.25. The van der Waals surface area contributed by atoms with Gasteiger partial charge in [0.25, 0.3) is 17.5 Å². The van der Waals surface area contributed by atoms with Crippen LogP contribution in [0.1, 0.15) is 39.2 Å². The van der Waals surface area contributed by atoms with Gasteiger partial charge >= 0.3 is 0 Å². The van der Waals surface area contributed by atoms with Crippen molar-refractivity contribution >= 4 is 51.5 Å². The summed E-state index contributed by atoms with van der Waals surface area (Å²) in [5, 5.41) is 23.4. The molecule has 0 aliphatic heterocycles. The molecule has 1 aliphatic rings. The minimum atomic E-state index is -0.754. The summed E-state index contributed by atoms with van der Waals surface area (Å²) in [6.45, 7) is 0. The topological polar surface area (TPSA) is 139 Å². The SMILES string of the molecule is N#C/C(=C\c1cc([N+](=O)[O-])ccc1Cl)C(=O)Nc1sc2c(c1C(N)=O)CCCC2. The fraction of sp³-hybridized carbons (Fsp3) is 0.211. The van der Waals surface area contributed by atoms with E-state index < -0.39 is 16.7 Å². The van der Waals surface area contributed by atoms with Crippen molar-refractivity contribution in [2.75, 3.05) is 5.32 Å². The number of non-ortho nitro benzene ring substituents is 1. The molecular weight excluding hydrogens is 416 g/mol. The van der Waals surface area contributed by atoms with Gasteiger partial charge in [-0.3, -0.25) is 19.7 Å². The van der Waals surface area contributed by atoms with Crippen LogP contribution in [-0.4, -0.2) is 16.7 Å². The van der Waals surface area contributed by atoms with Crippen molar-refractivity contribution in [3.05, 3.63) is 60.5 Å². The van der Waals surface area contributed by atoms with Crippen molar-refractivity contribution in [2.24, 2.45) is 5.73 Å². The third-order valence-corrected chi connectivity index (χ3v) is 6.05. The lowest BCUT2D eigenvalue weighted by atomic mass is 9.95. The number of rotatable bonds is 5. The number of amides is 2. The first-order chi connectivity index (χ1) is 13.8. The maximum Gasteiger partial charge on any atom is 0.270 e. The summed E-state index contributed by atoms with van der Waals surface area (Å²) in [6.07, 6.45) is 4.62. The van der Waals surface area contributed by atoms with Crippen LogP contribution >= 0.6 is 22.9 Å². The van der Waals surface area contributed by atoms with Gasteiger partial charge in [0.15, 0.2) is 0 Å². The molecule has 2 aromatic rings. The lowest BCUT2D eigenvalue weighted by Gasteiger charge is -2.11. The molecule has 0 bridgehead atoms. The maximum absolute atomic E-state index is 12.6. The summed E-state index contributed by atoms with van der Waals surface area (Å²) in [7, 11) is 0. The molecule has 148 valence electrons. The Kier molecular flexibility index (Phi) is 5.96. The number of primary amides is 1. The van der Waals surface area contributed by atoms with E-state index in [2.05, 4.69) is 5.32 Å². The number of hydrogen-bond acceptors (Lipinski definition) is 6. The van der Waals surface area contributed by atoms with E-state index in [9.17, 15) is 25.0 Å². The Labute approximate surface area is 174 Å². The van der Waals surface area contributed by atoms with Gasteiger partial charge in [-0.15, -0.1) is 11.3 Å². The lowest BCUT2D eigenvalue weighted by molar-refractivity contribution is -0.384. The molecule has 29 heavy (non-hydrogen) atoms. The third kappa shape index (κ3) is 4.29. The molecule has 3 rings (SSSR count). The highest BCUT2D eigenvalue weighted by atomic mass is 35.5. The number of nitrogens with one attached hydrogen (secondary N) is 1. The van der Waals surface area contributed by atoms with Gasteiger partial charge in [-0.05, 0) is 43.4 Å². The van der Waals surface area contributed by atoms with E-state index in [1.54, 1.807) is 6.07 Å². The molecule has 3 N–H and O–H groups in total. The molecule has 1 aromatic carbocycles. The van der Waals surface area contributed by atoms with Crippen LogP contribution in [0.2, 0.25) is 5.02 Å². The number of fused-ring (bicyclic) bond motifs is 1. The van der Waals surface area contributed by atoms with E-state index in [0.717, 1.165) is 29.7 Å².